The molecule has 1 saturated heterocycles. The minimum atomic E-state index is -0.900. The van der Waals surface area contributed by atoms with E-state index < -0.39 is 5.54 Å². The van der Waals surface area contributed by atoms with Crippen LogP contribution in [-0.4, -0.2) is 62.9 Å². The summed E-state index contributed by atoms with van der Waals surface area (Å²) in [6.07, 6.45) is 10.3. The molecular formula is C29H42N4O2. The summed E-state index contributed by atoms with van der Waals surface area (Å²) >= 11 is 0. The predicted octanol–water partition coefficient (Wildman–Crippen LogP) is 4.96. The highest BCUT2D eigenvalue weighted by Gasteiger charge is 2.48. The summed E-state index contributed by atoms with van der Waals surface area (Å²) in [6.45, 7) is 8.69. The standard InChI is InChI=1S/C29H42N4O2/c1-21-11-9-12-22(2)31(21)17-10-18-33-27(34)26-19-23-13-7-8-16-25(23)32(26)20-29(33,3)28(35)30-24-14-5-4-6-15-24/h7-8,13,16,19,21-22,24H,4-6,9-12,14-15,17-18,20H2,1-3H3,(H,30,35)/t21-,22-,29-/m1/s1. The van der Waals surface area contributed by atoms with Crippen molar-refractivity contribution in [2.24, 2.45) is 0 Å². The molecular weight excluding hydrogens is 436 g/mol. The number of fused-ring (bicyclic) bond motifs is 3. The van der Waals surface area contributed by atoms with Crippen molar-refractivity contribution in [1.82, 2.24) is 19.7 Å². The Kier molecular flexibility index (Phi) is 6.93. The molecule has 1 aromatic carbocycles. The Labute approximate surface area is 210 Å². The van der Waals surface area contributed by atoms with Crippen molar-refractivity contribution in [2.45, 2.75) is 109 Å². The molecule has 1 aliphatic carbocycles. The van der Waals surface area contributed by atoms with Gasteiger partial charge in [-0.2, -0.15) is 0 Å². The number of hydrogen-bond acceptors (Lipinski definition) is 3. The molecule has 190 valence electrons. The number of para-hydroxylation sites is 1. The summed E-state index contributed by atoms with van der Waals surface area (Å²) in [5.74, 6) is -0.0191. The van der Waals surface area contributed by atoms with Crippen LogP contribution in [0.25, 0.3) is 10.9 Å². The van der Waals surface area contributed by atoms with Gasteiger partial charge in [0.15, 0.2) is 0 Å². The zero-order valence-electron chi connectivity index (χ0n) is 21.8. The molecule has 2 aliphatic heterocycles. The van der Waals surface area contributed by atoms with Gasteiger partial charge in [0.05, 0.1) is 6.54 Å². The topological polar surface area (TPSA) is 57.6 Å². The summed E-state index contributed by atoms with van der Waals surface area (Å²) in [7, 11) is 0. The molecule has 2 fully saturated rings. The lowest BCUT2D eigenvalue weighted by atomic mass is 9.91. The number of piperidine rings is 1. The van der Waals surface area contributed by atoms with E-state index in [2.05, 4.69) is 40.8 Å². The van der Waals surface area contributed by atoms with Gasteiger partial charge in [-0.3, -0.25) is 14.5 Å². The van der Waals surface area contributed by atoms with Gasteiger partial charge in [0.2, 0.25) is 5.91 Å². The predicted molar refractivity (Wildman–Crippen MR) is 140 cm³/mol. The van der Waals surface area contributed by atoms with Crippen molar-refractivity contribution in [3.8, 4) is 0 Å². The van der Waals surface area contributed by atoms with Gasteiger partial charge in [0.1, 0.15) is 11.2 Å². The maximum Gasteiger partial charge on any atom is 0.271 e. The Morgan fingerprint density at radius 3 is 2.46 bits per heavy atom. The van der Waals surface area contributed by atoms with Gasteiger partial charge in [-0.25, -0.2) is 0 Å². The van der Waals surface area contributed by atoms with Crippen molar-refractivity contribution in [1.29, 1.82) is 0 Å². The largest absolute Gasteiger partial charge is 0.351 e. The fourth-order valence-corrected chi connectivity index (χ4v) is 6.77. The fraction of sp³-hybridized carbons (Fsp3) is 0.655. The van der Waals surface area contributed by atoms with E-state index in [0.717, 1.165) is 36.7 Å². The summed E-state index contributed by atoms with van der Waals surface area (Å²) < 4.78 is 2.07. The van der Waals surface area contributed by atoms with E-state index in [1.807, 2.05) is 30.0 Å². The smallest absolute Gasteiger partial charge is 0.271 e. The Hall–Kier alpha value is -2.34. The van der Waals surface area contributed by atoms with Crippen LogP contribution in [0.15, 0.2) is 30.3 Å². The second-order valence-electron chi connectivity index (χ2n) is 11.4. The molecule has 0 bridgehead atoms. The van der Waals surface area contributed by atoms with Crippen LogP contribution in [0.4, 0.5) is 0 Å². The lowest BCUT2D eigenvalue weighted by Gasteiger charge is -2.45. The van der Waals surface area contributed by atoms with E-state index in [1.165, 1.54) is 38.5 Å². The van der Waals surface area contributed by atoms with E-state index >= 15 is 0 Å². The van der Waals surface area contributed by atoms with Crippen LogP contribution in [-0.2, 0) is 11.3 Å². The first kappa shape index (κ1) is 24.4. The van der Waals surface area contributed by atoms with Crippen LogP contribution < -0.4 is 5.32 Å². The minimum Gasteiger partial charge on any atom is -0.351 e. The second kappa shape index (κ2) is 9.96. The Bertz CT molecular complexity index is 1060. The maximum atomic E-state index is 13.9. The number of carbonyl (C=O) groups excluding carboxylic acids is 2. The average Bonchev–Trinajstić information content (AvgIpc) is 3.22. The van der Waals surface area contributed by atoms with Crippen LogP contribution in [0, 0.1) is 0 Å². The van der Waals surface area contributed by atoms with Gasteiger partial charge >= 0.3 is 0 Å². The molecule has 0 radical (unpaired) electrons. The molecule has 1 N–H and O–H groups in total. The average molecular weight is 479 g/mol. The van der Waals surface area contributed by atoms with Crippen molar-refractivity contribution in [3.05, 3.63) is 36.0 Å². The van der Waals surface area contributed by atoms with Crippen LogP contribution in [0.1, 0.15) is 89.0 Å². The van der Waals surface area contributed by atoms with Crippen LogP contribution in [0.5, 0.6) is 0 Å². The van der Waals surface area contributed by atoms with Gasteiger partial charge in [0, 0.05) is 42.1 Å². The number of rotatable bonds is 6. The van der Waals surface area contributed by atoms with E-state index in [9.17, 15) is 9.59 Å². The van der Waals surface area contributed by atoms with Gasteiger partial charge < -0.3 is 14.8 Å². The molecule has 3 heterocycles. The highest BCUT2D eigenvalue weighted by molar-refractivity contribution is 6.03. The summed E-state index contributed by atoms with van der Waals surface area (Å²) in [5, 5.41) is 4.41. The van der Waals surface area contributed by atoms with Gasteiger partial charge in [-0.1, -0.05) is 43.9 Å². The first-order chi connectivity index (χ1) is 16.9. The summed E-state index contributed by atoms with van der Waals surface area (Å²) in [4.78, 5) is 32.3. The van der Waals surface area contributed by atoms with Crippen molar-refractivity contribution in [2.75, 3.05) is 13.1 Å². The van der Waals surface area contributed by atoms with Crippen LogP contribution >= 0.6 is 0 Å². The molecule has 1 aromatic heterocycles. The number of likely N-dealkylation sites (tertiary alicyclic amines) is 1. The lowest BCUT2D eigenvalue weighted by Crippen LogP contribution is -2.65. The minimum absolute atomic E-state index is 0.000824. The molecule has 2 amide bonds. The van der Waals surface area contributed by atoms with Gasteiger partial charge in [0.25, 0.3) is 5.91 Å². The maximum absolute atomic E-state index is 13.9. The number of aromatic nitrogens is 1. The van der Waals surface area contributed by atoms with Gasteiger partial charge in [-0.15, -0.1) is 0 Å². The first-order valence-electron chi connectivity index (χ1n) is 13.9. The quantitative estimate of drug-likeness (QED) is 0.639. The number of hydrogen-bond donors (Lipinski definition) is 1. The third kappa shape index (κ3) is 4.62. The highest BCUT2D eigenvalue weighted by Crippen LogP contribution is 2.33. The second-order valence-corrected chi connectivity index (χ2v) is 11.4. The molecule has 6 heteroatoms. The molecule has 3 atom stereocenters. The SMILES string of the molecule is C[C@@H]1CCC[C@@H](C)N1CCCN1C(=O)c2cc3ccccc3n2C[C@]1(C)C(=O)NC1CCCCC1. The van der Waals surface area contributed by atoms with Crippen molar-refractivity contribution >= 4 is 22.7 Å². The molecule has 1 saturated carbocycles. The summed E-state index contributed by atoms with van der Waals surface area (Å²) in [6, 6.07) is 11.5. The third-order valence-electron chi connectivity index (χ3n) is 8.94. The van der Waals surface area contributed by atoms with E-state index in [1.54, 1.807) is 0 Å². The molecule has 0 spiro atoms. The third-order valence-corrected chi connectivity index (χ3v) is 8.94. The van der Waals surface area contributed by atoms with Crippen LogP contribution in [0.2, 0.25) is 0 Å². The zero-order chi connectivity index (χ0) is 24.6. The van der Waals surface area contributed by atoms with E-state index in [4.69, 9.17) is 0 Å². The number of nitrogens with one attached hydrogen (secondary N) is 1. The molecule has 5 rings (SSSR count). The number of carbonyl (C=O) groups is 2. The molecule has 3 aliphatic rings. The highest BCUT2D eigenvalue weighted by atomic mass is 16.2. The number of amides is 2. The Balaban J connectivity index is 1.40. The first-order valence-corrected chi connectivity index (χ1v) is 13.9. The van der Waals surface area contributed by atoms with E-state index in [-0.39, 0.29) is 17.9 Å². The fourth-order valence-electron chi connectivity index (χ4n) is 6.77. The zero-order valence-corrected chi connectivity index (χ0v) is 21.8. The van der Waals surface area contributed by atoms with Crippen molar-refractivity contribution < 1.29 is 9.59 Å². The monoisotopic (exact) mass is 478 g/mol. The Morgan fingerprint density at radius 1 is 1.00 bits per heavy atom. The molecule has 35 heavy (non-hydrogen) atoms. The van der Waals surface area contributed by atoms with Crippen molar-refractivity contribution in [3.63, 3.8) is 0 Å². The molecule has 0 unspecified atom stereocenters. The Morgan fingerprint density at radius 2 is 1.71 bits per heavy atom. The molecule has 6 nitrogen and oxygen atoms in total. The number of nitrogens with zero attached hydrogens (tertiary/aromatic N) is 3. The molecule has 2 aromatic rings. The number of benzene rings is 1. The van der Waals surface area contributed by atoms with E-state index in [0.29, 0.717) is 30.9 Å². The van der Waals surface area contributed by atoms with Gasteiger partial charge in [-0.05, 0) is 65.0 Å². The normalized spacial score (nSPS) is 28.3. The lowest BCUT2D eigenvalue weighted by molar-refractivity contribution is -0.133. The summed E-state index contributed by atoms with van der Waals surface area (Å²) in [5.41, 5.74) is 0.833. The van der Waals surface area contributed by atoms with Crippen LogP contribution in [0.3, 0.4) is 0 Å².